The molecule has 0 spiro atoms. The molecule has 6 nitrogen and oxygen atoms in total. The first-order valence-electron chi connectivity index (χ1n) is 8.56. The van der Waals surface area contributed by atoms with Crippen molar-refractivity contribution in [3.8, 4) is 0 Å². The minimum atomic E-state index is -0.0695. The average Bonchev–Trinajstić information content (AvgIpc) is 3.20. The van der Waals surface area contributed by atoms with Gasteiger partial charge in [-0.1, -0.05) is 19.1 Å². The largest absolute Gasteiger partial charge is 0.466 e. The zero-order valence-electron chi connectivity index (χ0n) is 14.0. The molecule has 1 saturated heterocycles. The van der Waals surface area contributed by atoms with Gasteiger partial charge in [0.1, 0.15) is 5.82 Å². The van der Waals surface area contributed by atoms with E-state index in [1.54, 1.807) is 12.4 Å². The second-order valence-electron chi connectivity index (χ2n) is 6.68. The van der Waals surface area contributed by atoms with E-state index in [-0.39, 0.29) is 23.7 Å². The third-order valence-electron chi connectivity index (χ3n) is 5.28. The highest BCUT2D eigenvalue weighted by Crippen LogP contribution is 2.41. The Hall–Kier alpha value is -2.37. The summed E-state index contributed by atoms with van der Waals surface area (Å²) in [6.45, 7) is 6.13. The van der Waals surface area contributed by atoms with Gasteiger partial charge in [-0.05, 0) is 24.7 Å². The van der Waals surface area contributed by atoms with Gasteiger partial charge in [0.15, 0.2) is 5.65 Å². The van der Waals surface area contributed by atoms with Crippen LogP contribution in [0.2, 0.25) is 0 Å². The molecule has 0 radical (unpaired) electrons. The molecule has 2 aromatic heterocycles. The summed E-state index contributed by atoms with van der Waals surface area (Å²) in [5.41, 5.74) is 0.841. The molecule has 1 aliphatic heterocycles. The Balaban J connectivity index is 1.64. The number of hydrogen-bond donors (Lipinski definition) is 0. The van der Waals surface area contributed by atoms with Crippen LogP contribution in [0.4, 0.5) is 5.82 Å². The summed E-state index contributed by atoms with van der Waals surface area (Å²) in [5.74, 6) is 1.76. The summed E-state index contributed by atoms with van der Waals surface area (Å²) in [7, 11) is 0. The predicted molar refractivity (Wildman–Crippen MR) is 90.6 cm³/mol. The molecule has 0 bridgehead atoms. The highest BCUT2D eigenvalue weighted by atomic mass is 16.5. The zero-order valence-corrected chi connectivity index (χ0v) is 14.0. The maximum Gasteiger partial charge on any atom is 0.309 e. The highest BCUT2D eigenvalue weighted by molar-refractivity contribution is 5.74. The molecule has 2 aromatic rings. The van der Waals surface area contributed by atoms with Gasteiger partial charge in [-0.25, -0.2) is 4.98 Å². The van der Waals surface area contributed by atoms with Crippen molar-refractivity contribution in [3.63, 3.8) is 0 Å². The van der Waals surface area contributed by atoms with Crippen molar-refractivity contribution in [2.45, 2.75) is 13.8 Å². The molecule has 3 heterocycles. The Morgan fingerprint density at radius 2 is 2.21 bits per heavy atom. The first kappa shape index (κ1) is 15.2. The van der Waals surface area contributed by atoms with Gasteiger partial charge in [0.05, 0.1) is 24.9 Å². The standard InChI is InChI=1S/C18H22N4O2/c1-3-24-18(23)17-12(2)4-5-13-10-21(11-14(13)17)16-9-19-8-15-20-6-7-22(15)16/h4-9,12-14,17H,3,10-11H2,1-2H3/t12-,13-,14-,17-/m0/s1. The molecule has 0 amide bonds. The number of nitrogens with zero attached hydrogens (tertiary/aromatic N) is 4. The van der Waals surface area contributed by atoms with Crippen molar-refractivity contribution in [1.29, 1.82) is 0 Å². The van der Waals surface area contributed by atoms with E-state index in [1.807, 2.05) is 19.3 Å². The molecule has 6 heteroatoms. The van der Waals surface area contributed by atoms with Gasteiger partial charge in [-0.15, -0.1) is 0 Å². The van der Waals surface area contributed by atoms with Crippen LogP contribution in [-0.4, -0.2) is 40.0 Å². The van der Waals surface area contributed by atoms with Crippen LogP contribution in [0.15, 0.2) is 36.9 Å². The summed E-state index contributed by atoms with van der Waals surface area (Å²) < 4.78 is 7.39. The Labute approximate surface area is 141 Å². The molecule has 126 valence electrons. The number of ether oxygens (including phenoxy) is 1. The number of allylic oxidation sites excluding steroid dienone is 1. The van der Waals surface area contributed by atoms with E-state index in [1.165, 1.54) is 0 Å². The smallest absolute Gasteiger partial charge is 0.309 e. The summed E-state index contributed by atoms with van der Waals surface area (Å²) in [5, 5.41) is 0. The first-order chi connectivity index (χ1) is 11.7. The van der Waals surface area contributed by atoms with Gasteiger partial charge in [-0.3, -0.25) is 14.2 Å². The molecule has 2 aliphatic rings. The first-order valence-corrected chi connectivity index (χ1v) is 8.56. The second-order valence-corrected chi connectivity index (χ2v) is 6.68. The van der Waals surface area contributed by atoms with E-state index in [0.29, 0.717) is 12.5 Å². The number of anilines is 1. The number of esters is 1. The summed E-state index contributed by atoms with van der Waals surface area (Å²) >= 11 is 0. The van der Waals surface area contributed by atoms with E-state index in [2.05, 4.69) is 38.3 Å². The second kappa shape index (κ2) is 5.92. The minimum Gasteiger partial charge on any atom is -0.466 e. The number of fused-ring (bicyclic) bond motifs is 2. The number of rotatable bonds is 3. The van der Waals surface area contributed by atoms with Gasteiger partial charge in [-0.2, -0.15) is 0 Å². The van der Waals surface area contributed by atoms with Gasteiger partial charge in [0.2, 0.25) is 0 Å². The van der Waals surface area contributed by atoms with Crippen molar-refractivity contribution in [1.82, 2.24) is 14.4 Å². The maximum absolute atomic E-state index is 12.5. The fraction of sp³-hybridized carbons (Fsp3) is 0.500. The van der Waals surface area contributed by atoms with Crippen molar-refractivity contribution in [2.75, 3.05) is 24.6 Å². The predicted octanol–water partition coefficient (Wildman–Crippen LogP) is 2.17. The minimum absolute atomic E-state index is 0.0647. The van der Waals surface area contributed by atoms with Crippen LogP contribution in [0.5, 0.6) is 0 Å². The summed E-state index contributed by atoms with van der Waals surface area (Å²) in [4.78, 5) is 23.4. The number of aromatic nitrogens is 3. The third-order valence-corrected chi connectivity index (χ3v) is 5.28. The Morgan fingerprint density at radius 1 is 1.33 bits per heavy atom. The molecule has 0 aromatic carbocycles. The van der Waals surface area contributed by atoms with Crippen molar-refractivity contribution in [3.05, 3.63) is 36.9 Å². The lowest BCUT2D eigenvalue weighted by molar-refractivity contribution is -0.151. The molecule has 0 N–H and O–H groups in total. The van der Waals surface area contributed by atoms with Gasteiger partial charge in [0, 0.05) is 25.5 Å². The van der Waals surface area contributed by atoms with E-state index >= 15 is 0 Å². The number of carbonyl (C=O) groups is 1. The average molecular weight is 326 g/mol. The Bertz CT molecular complexity index is 784. The maximum atomic E-state index is 12.5. The molecular formula is C18H22N4O2. The topological polar surface area (TPSA) is 59.7 Å². The number of hydrogen-bond acceptors (Lipinski definition) is 5. The van der Waals surface area contributed by atoms with Crippen LogP contribution in [0.25, 0.3) is 5.65 Å². The zero-order chi connectivity index (χ0) is 16.7. The fourth-order valence-electron chi connectivity index (χ4n) is 4.15. The van der Waals surface area contributed by atoms with E-state index in [0.717, 1.165) is 24.6 Å². The number of imidazole rings is 1. The van der Waals surface area contributed by atoms with E-state index in [9.17, 15) is 4.79 Å². The molecular weight excluding hydrogens is 304 g/mol. The van der Waals surface area contributed by atoms with Crippen molar-refractivity contribution in [2.24, 2.45) is 23.7 Å². The molecule has 0 saturated carbocycles. The van der Waals surface area contributed by atoms with E-state index < -0.39 is 0 Å². The van der Waals surface area contributed by atoms with Gasteiger partial charge < -0.3 is 9.64 Å². The Kier molecular flexibility index (Phi) is 3.75. The lowest BCUT2D eigenvalue weighted by atomic mass is 9.72. The third kappa shape index (κ3) is 2.37. The normalized spacial score (nSPS) is 29.0. The van der Waals surface area contributed by atoms with Crippen LogP contribution in [-0.2, 0) is 9.53 Å². The van der Waals surface area contributed by atoms with Crippen LogP contribution in [0, 0.1) is 23.7 Å². The lowest BCUT2D eigenvalue weighted by Crippen LogP contribution is -2.37. The van der Waals surface area contributed by atoms with Gasteiger partial charge in [0.25, 0.3) is 0 Å². The van der Waals surface area contributed by atoms with Crippen LogP contribution < -0.4 is 4.90 Å². The monoisotopic (exact) mass is 326 g/mol. The molecule has 0 unspecified atom stereocenters. The quantitative estimate of drug-likeness (QED) is 0.639. The fourth-order valence-corrected chi connectivity index (χ4v) is 4.15. The Morgan fingerprint density at radius 3 is 3.04 bits per heavy atom. The molecule has 24 heavy (non-hydrogen) atoms. The van der Waals surface area contributed by atoms with Crippen LogP contribution >= 0.6 is 0 Å². The van der Waals surface area contributed by atoms with Crippen LogP contribution in [0.3, 0.4) is 0 Å². The van der Waals surface area contributed by atoms with Gasteiger partial charge >= 0.3 is 5.97 Å². The molecule has 4 rings (SSSR count). The van der Waals surface area contributed by atoms with Crippen molar-refractivity contribution < 1.29 is 9.53 Å². The van der Waals surface area contributed by atoms with Crippen LogP contribution in [0.1, 0.15) is 13.8 Å². The highest BCUT2D eigenvalue weighted by Gasteiger charge is 2.45. The summed E-state index contributed by atoms with van der Waals surface area (Å²) in [6.07, 6.45) is 11.8. The van der Waals surface area contributed by atoms with Crippen molar-refractivity contribution >= 4 is 17.4 Å². The lowest BCUT2D eigenvalue weighted by Gasteiger charge is -2.31. The van der Waals surface area contributed by atoms with E-state index in [4.69, 9.17) is 4.74 Å². The molecule has 4 atom stereocenters. The molecule has 1 aliphatic carbocycles. The SMILES string of the molecule is CCOC(=O)[C@@H]1[C@H]2CN(c3cncc4nccn34)C[C@@H]2C=C[C@@H]1C. The number of carbonyl (C=O) groups excluding carboxylic acids is 1. The molecule has 1 fully saturated rings. The summed E-state index contributed by atoms with van der Waals surface area (Å²) in [6, 6.07) is 0.